The number of carbonyl (C=O) groups excluding carboxylic acids is 3. The number of carbonyl (C=O) groups is 3. The summed E-state index contributed by atoms with van der Waals surface area (Å²) in [5, 5.41) is 0. The Morgan fingerprint density at radius 1 is 0.879 bits per heavy atom. The molecule has 3 rings (SSSR count). The maximum atomic E-state index is 13.0. The summed E-state index contributed by atoms with van der Waals surface area (Å²) in [6.45, 7) is 13.3. The van der Waals surface area contributed by atoms with E-state index in [4.69, 9.17) is 9.47 Å². The molecule has 6 atom stereocenters. The Kier molecular flexibility index (Phi) is 8.63. The summed E-state index contributed by atoms with van der Waals surface area (Å²) in [6.07, 6.45) is 6.74. The van der Waals surface area contributed by atoms with Gasteiger partial charge in [-0.25, -0.2) is 9.59 Å². The van der Waals surface area contributed by atoms with E-state index in [1.807, 2.05) is 0 Å². The molecule has 6 heteroatoms. The molecule has 33 heavy (non-hydrogen) atoms. The van der Waals surface area contributed by atoms with Gasteiger partial charge in [-0.05, 0) is 61.2 Å². The van der Waals surface area contributed by atoms with Gasteiger partial charge in [-0.2, -0.15) is 0 Å². The number of amides is 1. The van der Waals surface area contributed by atoms with E-state index in [9.17, 15) is 14.4 Å². The molecule has 0 spiro atoms. The first-order valence-electron chi connectivity index (χ1n) is 13.0. The molecular formula is C27H43NO5. The van der Waals surface area contributed by atoms with Crippen molar-refractivity contribution in [1.29, 1.82) is 0 Å². The van der Waals surface area contributed by atoms with E-state index in [0.29, 0.717) is 35.5 Å². The summed E-state index contributed by atoms with van der Waals surface area (Å²) in [5.74, 6) is 1.63. The molecule has 0 radical (unpaired) electrons. The Morgan fingerprint density at radius 3 is 1.91 bits per heavy atom. The quantitative estimate of drug-likeness (QED) is 0.385. The zero-order valence-electron chi connectivity index (χ0n) is 21.3. The number of esters is 1. The Balaban J connectivity index is 1.69. The lowest BCUT2D eigenvalue weighted by Gasteiger charge is -2.38. The van der Waals surface area contributed by atoms with E-state index in [1.54, 1.807) is 0 Å². The summed E-state index contributed by atoms with van der Waals surface area (Å²) >= 11 is 0. The van der Waals surface area contributed by atoms with Gasteiger partial charge in [0.25, 0.3) is 0 Å². The fraction of sp³-hybridized carbons (Fsp3) is 0.815. The molecule has 1 aliphatic heterocycles. The van der Waals surface area contributed by atoms with Gasteiger partial charge < -0.3 is 9.47 Å². The molecule has 0 bridgehead atoms. The van der Waals surface area contributed by atoms with Crippen LogP contribution in [0, 0.1) is 35.5 Å². The van der Waals surface area contributed by atoms with Crippen molar-refractivity contribution in [3.8, 4) is 0 Å². The predicted octanol–water partition coefficient (Wildman–Crippen LogP) is 5.75. The topological polar surface area (TPSA) is 72.9 Å². The average Bonchev–Trinajstić information content (AvgIpc) is 2.73. The highest BCUT2D eigenvalue weighted by Gasteiger charge is 2.38. The molecule has 0 unspecified atom stereocenters. The summed E-state index contributed by atoms with van der Waals surface area (Å²) in [5.41, 5.74) is -0.0312. The summed E-state index contributed by atoms with van der Waals surface area (Å²) in [4.78, 5) is 39.9. The minimum Gasteiger partial charge on any atom is -0.458 e. The molecule has 2 aliphatic carbocycles. The highest BCUT2D eigenvalue weighted by atomic mass is 16.6. The van der Waals surface area contributed by atoms with E-state index in [2.05, 4.69) is 41.5 Å². The van der Waals surface area contributed by atoms with E-state index in [1.165, 1.54) is 11.1 Å². The van der Waals surface area contributed by atoms with Crippen molar-refractivity contribution in [3.05, 3.63) is 11.8 Å². The Hall–Kier alpha value is -1.85. The predicted molar refractivity (Wildman–Crippen MR) is 127 cm³/mol. The number of ketones is 1. The lowest BCUT2D eigenvalue weighted by Crippen LogP contribution is -2.42. The maximum Gasteiger partial charge on any atom is 0.414 e. The van der Waals surface area contributed by atoms with Crippen LogP contribution in [0.5, 0.6) is 0 Å². The third-order valence-corrected chi connectivity index (χ3v) is 8.05. The van der Waals surface area contributed by atoms with Crippen LogP contribution in [0.4, 0.5) is 4.79 Å². The van der Waals surface area contributed by atoms with Crippen molar-refractivity contribution in [2.24, 2.45) is 35.5 Å². The third-order valence-electron chi connectivity index (χ3n) is 8.05. The second kappa shape index (κ2) is 11.1. The van der Waals surface area contributed by atoms with E-state index in [0.717, 1.165) is 38.5 Å². The van der Waals surface area contributed by atoms with Crippen LogP contribution in [-0.2, 0) is 19.1 Å². The lowest BCUT2D eigenvalue weighted by atomic mass is 9.75. The number of hydrogen-bond acceptors (Lipinski definition) is 5. The summed E-state index contributed by atoms with van der Waals surface area (Å²) in [7, 11) is 0. The SMILES string of the molecule is CC(C)[C@H]1CC[C@H](C)C[C@@H]1OC(=O)C1=CN(C(=O)O[C@@H]2C[C@H](C)CC[C@H]2C(C)C)CCC1=O. The number of ether oxygens (including phenoxy) is 2. The van der Waals surface area contributed by atoms with Gasteiger partial charge in [0.2, 0.25) is 0 Å². The Morgan fingerprint density at radius 2 is 1.39 bits per heavy atom. The van der Waals surface area contributed by atoms with Crippen molar-refractivity contribution < 1.29 is 23.9 Å². The molecule has 1 amide bonds. The smallest absolute Gasteiger partial charge is 0.414 e. The van der Waals surface area contributed by atoms with Gasteiger partial charge in [0.05, 0.1) is 0 Å². The average molecular weight is 462 g/mol. The van der Waals surface area contributed by atoms with Crippen LogP contribution in [0.1, 0.15) is 86.5 Å². The number of nitrogens with zero attached hydrogens (tertiary/aromatic N) is 1. The first-order valence-corrected chi connectivity index (χ1v) is 13.0. The maximum absolute atomic E-state index is 13.0. The number of Topliss-reactive ketones (excluding diaryl/α,β-unsaturated/α-hetero) is 1. The molecule has 186 valence electrons. The molecule has 1 heterocycles. The highest BCUT2D eigenvalue weighted by molar-refractivity contribution is 6.18. The van der Waals surface area contributed by atoms with Gasteiger partial charge in [0, 0.05) is 19.2 Å². The second-order valence-corrected chi connectivity index (χ2v) is 11.4. The van der Waals surface area contributed by atoms with E-state index < -0.39 is 12.1 Å². The van der Waals surface area contributed by atoms with Gasteiger partial charge in [0.1, 0.15) is 17.8 Å². The van der Waals surface area contributed by atoms with Crippen LogP contribution in [-0.4, -0.2) is 41.5 Å². The van der Waals surface area contributed by atoms with Crippen LogP contribution in [0.2, 0.25) is 0 Å². The van der Waals surface area contributed by atoms with Gasteiger partial charge in [-0.3, -0.25) is 9.69 Å². The van der Waals surface area contributed by atoms with Gasteiger partial charge in [-0.15, -0.1) is 0 Å². The van der Waals surface area contributed by atoms with Crippen LogP contribution in [0.15, 0.2) is 11.8 Å². The van der Waals surface area contributed by atoms with Crippen LogP contribution >= 0.6 is 0 Å². The Labute approximate surface area is 199 Å². The first-order chi connectivity index (χ1) is 15.6. The molecule has 2 fully saturated rings. The van der Waals surface area contributed by atoms with Gasteiger partial charge in [-0.1, -0.05) is 54.4 Å². The zero-order chi connectivity index (χ0) is 24.3. The molecule has 0 N–H and O–H groups in total. The molecule has 3 aliphatic rings. The van der Waals surface area contributed by atoms with Crippen molar-refractivity contribution >= 4 is 17.8 Å². The number of hydrogen-bond donors (Lipinski definition) is 0. The fourth-order valence-electron chi connectivity index (χ4n) is 5.86. The minimum atomic E-state index is -0.603. The second-order valence-electron chi connectivity index (χ2n) is 11.4. The van der Waals surface area contributed by atoms with Crippen LogP contribution in [0.3, 0.4) is 0 Å². The number of rotatable bonds is 5. The highest BCUT2D eigenvalue weighted by Crippen LogP contribution is 2.37. The first kappa shape index (κ1) is 25.8. The largest absolute Gasteiger partial charge is 0.458 e. The Bertz CT molecular complexity index is 758. The fourth-order valence-corrected chi connectivity index (χ4v) is 5.86. The molecule has 0 aromatic rings. The third kappa shape index (κ3) is 6.39. The van der Waals surface area contributed by atoms with E-state index in [-0.39, 0.29) is 36.5 Å². The molecule has 0 aromatic heterocycles. The van der Waals surface area contributed by atoms with Gasteiger partial charge in [0.15, 0.2) is 5.78 Å². The summed E-state index contributed by atoms with van der Waals surface area (Å²) < 4.78 is 11.8. The molecule has 2 saturated carbocycles. The van der Waals surface area contributed by atoms with Crippen molar-refractivity contribution in [2.45, 2.75) is 98.7 Å². The van der Waals surface area contributed by atoms with Crippen molar-refractivity contribution in [1.82, 2.24) is 4.90 Å². The van der Waals surface area contributed by atoms with Crippen molar-refractivity contribution in [3.63, 3.8) is 0 Å². The normalized spacial score (nSPS) is 33.2. The van der Waals surface area contributed by atoms with E-state index >= 15 is 0 Å². The molecule has 6 nitrogen and oxygen atoms in total. The van der Waals surface area contributed by atoms with Gasteiger partial charge >= 0.3 is 12.1 Å². The standard InChI is InChI=1S/C27H43NO5/c1-16(2)20-9-7-18(5)13-24(20)32-26(30)22-15-28(12-11-23(22)29)27(31)33-25-14-19(6)8-10-21(25)17(3)4/h15-21,24-25H,7-14H2,1-6H3/t18-,19+,20+,21-,24-,25+/m0/s1. The molecule has 0 aromatic carbocycles. The summed E-state index contributed by atoms with van der Waals surface area (Å²) in [6, 6.07) is 0. The lowest BCUT2D eigenvalue weighted by molar-refractivity contribution is -0.152. The van der Waals surface area contributed by atoms with Crippen molar-refractivity contribution in [2.75, 3.05) is 6.54 Å². The molecule has 0 saturated heterocycles. The zero-order valence-corrected chi connectivity index (χ0v) is 21.3. The van der Waals surface area contributed by atoms with Crippen LogP contribution < -0.4 is 0 Å². The minimum absolute atomic E-state index is 0.0312. The molecular weight excluding hydrogens is 418 g/mol. The van der Waals surface area contributed by atoms with Crippen LogP contribution in [0.25, 0.3) is 0 Å². The monoisotopic (exact) mass is 461 g/mol.